The summed E-state index contributed by atoms with van der Waals surface area (Å²) in [6.45, 7) is -0.378. The quantitative estimate of drug-likeness (QED) is 0.522. The second-order valence-corrected chi connectivity index (χ2v) is 6.56. The summed E-state index contributed by atoms with van der Waals surface area (Å²) in [5, 5.41) is 14.0. The summed E-state index contributed by atoms with van der Waals surface area (Å²) < 4.78 is 5.69. The topological polar surface area (TPSA) is 157 Å². The van der Waals surface area contributed by atoms with Crippen LogP contribution in [0.3, 0.4) is 0 Å². The third-order valence-corrected chi connectivity index (χ3v) is 4.41. The first-order valence-corrected chi connectivity index (χ1v) is 8.59. The molecule has 0 bridgehead atoms. The molecule has 0 saturated heterocycles. The zero-order valence-electron chi connectivity index (χ0n) is 14.1. The van der Waals surface area contributed by atoms with E-state index in [1.54, 1.807) is 24.3 Å². The first-order chi connectivity index (χ1) is 13.3. The smallest absolute Gasteiger partial charge is 0.329 e. The highest BCUT2D eigenvalue weighted by atomic mass is 35.5. The van der Waals surface area contributed by atoms with Crippen LogP contribution in [0.1, 0.15) is 33.9 Å². The molecule has 0 saturated carbocycles. The maximum atomic E-state index is 12.2. The van der Waals surface area contributed by atoms with Gasteiger partial charge < -0.3 is 20.3 Å². The number of nitrogens with two attached hydrogens (primary N) is 1. The summed E-state index contributed by atoms with van der Waals surface area (Å²) in [6, 6.07) is 6.60. The fourth-order valence-electron chi connectivity index (χ4n) is 2.41. The molecule has 0 aliphatic rings. The van der Waals surface area contributed by atoms with Gasteiger partial charge in [-0.25, -0.2) is 9.36 Å². The van der Waals surface area contributed by atoms with Gasteiger partial charge in [0, 0.05) is 11.4 Å². The van der Waals surface area contributed by atoms with E-state index < -0.39 is 34.0 Å². The van der Waals surface area contributed by atoms with Crippen molar-refractivity contribution in [2.45, 2.75) is 19.1 Å². The van der Waals surface area contributed by atoms with E-state index in [2.05, 4.69) is 15.1 Å². The average Bonchev–Trinajstić information content (AvgIpc) is 3.09. The molecule has 4 N–H and O–H groups in total. The molecular weight excluding hydrogens is 413 g/mol. The minimum Gasteiger partial charge on any atom is -0.388 e. The number of aromatic nitrogens is 4. The van der Waals surface area contributed by atoms with Crippen LogP contribution in [0.5, 0.6) is 0 Å². The predicted octanol–water partition coefficient (Wildman–Crippen LogP) is 0.650. The van der Waals surface area contributed by atoms with Crippen LogP contribution < -0.4 is 17.0 Å². The number of benzene rings is 1. The summed E-state index contributed by atoms with van der Waals surface area (Å²) in [6.07, 6.45) is -0.865. The van der Waals surface area contributed by atoms with E-state index >= 15 is 0 Å². The molecular formula is C16H13Cl2N5O5. The number of aliphatic hydroxyl groups excluding tert-OH is 1. The molecule has 2 heterocycles. The molecule has 0 aliphatic carbocycles. The normalized spacial score (nSPS) is 12.1. The predicted molar refractivity (Wildman–Crippen MR) is 98.4 cm³/mol. The highest BCUT2D eigenvalue weighted by Gasteiger charge is 2.19. The van der Waals surface area contributed by atoms with Gasteiger partial charge in [-0.3, -0.25) is 9.59 Å². The fraction of sp³-hybridized carbons (Fsp3) is 0.188. The second-order valence-electron chi connectivity index (χ2n) is 5.75. The zero-order valence-corrected chi connectivity index (χ0v) is 15.6. The van der Waals surface area contributed by atoms with Gasteiger partial charge in [0.05, 0.1) is 6.10 Å². The lowest BCUT2D eigenvalue weighted by atomic mass is 10.1. The molecule has 1 atom stereocenters. The number of hydrogen-bond acceptors (Lipinski definition) is 7. The number of H-pyrrole nitrogens is 1. The Labute approximate surface area is 166 Å². The van der Waals surface area contributed by atoms with Crippen molar-refractivity contribution in [3.63, 3.8) is 0 Å². The van der Waals surface area contributed by atoms with Crippen molar-refractivity contribution in [2.75, 3.05) is 0 Å². The lowest BCUT2D eigenvalue weighted by Crippen LogP contribution is -2.38. The van der Waals surface area contributed by atoms with Gasteiger partial charge in [0.1, 0.15) is 17.3 Å². The molecule has 1 aromatic carbocycles. The standard InChI is InChI=1S/C16H13Cl2N5O5/c17-8-3-1-7(2-4-8)9(24)5-10-20-11(28-22-10)6-23-15(26)12(18)13(14(19)25)21-16(23)27/h1-4,9,24H,5-6H2,(H2,19,25)(H,21,27)/t9-/m0/s1. The van der Waals surface area contributed by atoms with Gasteiger partial charge in [0.25, 0.3) is 11.5 Å². The molecule has 10 nitrogen and oxygen atoms in total. The van der Waals surface area contributed by atoms with E-state index in [1.165, 1.54) is 0 Å². The average molecular weight is 426 g/mol. The number of aromatic amines is 1. The van der Waals surface area contributed by atoms with Crippen LogP contribution in [-0.2, 0) is 13.0 Å². The Balaban J connectivity index is 1.79. The molecule has 1 amide bonds. The zero-order chi connectivity index (χ0) is 20.4. The minimum atomic E-state index is -1.04. The molecule has 3 aromatic rings. The summed E-state index contributed by atoms with van der Waals surface area (Å²) in [5.41, 5.74) is 3.33. The summed E-state index contributed by atoms with van der Waals surface area (Å²) in [7, 11) is 0. The van der Waals surface area contributed by atoms with Crippen molar-refractivity contribution in [3.05, 3.63) is 78.1 Å². The summed E-state index contributed by atoms with van der Waals surface area (Å²) in [5.74, 6) is -0.932. The van der Waals surface area contributed by atoms with Crippen LogP contribution in [0.4, 0.5) is 0 Å². The highest BCUT2D eigenvalue weighted by molar-refractivity contribution is 6.33. The molecule has 2 aromatic heterocycles. The van der Waals surface area contributed by atoms with Crippen LogP contribution in [0.15, 0.2) is 38.4 Å². The number of halogens is 2. The maximum absolute atomic E-state index is 12.2. The van der Waals surface area contributed by atoms with Gasteiger partial charge in [-0.1, -0.05) is 40.5 Å². The molecule has 0 aliphatic heterocycles. The lowest BCUT2D eigenvalue weighted by molar-refractivity contribution is 0.0995. The Kier molecular flexibility index (Phi) is 5.63. The number of amides is 1. The Morgan fingerprint density at radius 2 is 1.96 bits per heavy atom. The van der Waals surface area contributed by atoms with Crippen molar-refractivity contribution in [1.29, 1.82) is 0 Å². The van der Waals surface area contributed by atoms with Gasteiger partial charge in [0.2, 0.25) is 5.89 Å². The largest absolute Gasteiger partial charge is 0.388 e. The van der Waals surface area contributed by atoms with Crippen molar-refractivity contribution in [1.82, 2.24) is 19.7 Å². The van der Waals surface area contributed by atoms with Crippen molar-refractivity contribution >= 4 is 29.1 Å². The summed E-state index contributed by atoms with van der Waals surface area (Å²) in [4.78, 5) is 41.6. The number of carbonyl (C=O) groups is 1. The second kappa shape index (κ2) is 7.97. The number of nitrogens with one attached hydrogen (secondary N) is 1. The number of hydrogen-bond donors (Lipinski definition) is 3. The van der Waals surface area contributed by atoms with Crippen molar-refractivity contribution in [2.24, 2.45) is 5.73 Å². The monoisotopic (exact) mass is 425 g/mol. The van der Waals surface area contributed by atoms with E-state index in [-0.39, 0.29) is 24.7 Å². The number of carbonyl (C=O) groups excluding carboxylic acids is 1. The first-order valence-electron chi connectivity index (χ1n) is 7.83. The van der Waals surface area contributed by atoms with Crippen LogP contribution in [0, 0.1) is 0 Å². The van der Waals surface area contributed by atoms with E-state index in [9.17, 15) is 19.5 Å². The molecule has 0 spiro atoms. The number of aliphatic hydroxyl groups is 1. The van der Waals surface area contributed by atoms with Crippen LogP contribution in [0.25, 0.3) is 0 Å². The Morgan fingerprint density at radius 3 is 2.61 bits per heavy atom. The maximum Gasteiger partial charge on any atom is 0.329 e. The SMILES string of the molecule is NC(=O)c1[nH]c(=O)n(Cc2nc(C[C@H](O)c3ccc(Cl)cc3)no2)c(=O)c1Cl. The first kappa shape index (κ1) is 19.8. The van der Waals surface area contributed by atoms with E-state index in [0.29, 0.717) is 15.2 Å². The van der Waals surface area contributed by atoms with Gasteiger partial charge in [-0.2, -0.15) is 4.98 Å². The van der Waals surface area contributed by atoms with Crippen molar-refractivity contribution in [3.8, 4) is 0 Å². The van der Waals surface area contributed by atoms with Gasteiger partial charge in [-0.05, 0) is 17.7 Å². The third-order valence-electron chi connectivity index (χ3n) is 3.81. The molecule has 3 rings (SSSR count). The van der Waals surface area contributed by atoms with Gasteiger partial charge >= 0.3 is 5.69 Å². The summed E-state index contributed by atoms with van der Waals surface area (Å²) >= 11 is 11.6. The van der Waals surface area contributed by atoms with Crippen LogP contribution in [-0.4, -0.2) is 30.7 Å². The molecule has 0 fully saturated rings. The van der Waals surface area contributed by atoms with E-state index in [1.807, 2.05) is 0 Å². The molecule has 28 heavy (non-hydrogen) atoms. The minimum absolute atomic E-state index is 0.0394. The van der Waals surface area contributed by atoms with Gasteiger partial charge in [0.15, 0.2) is 5.82 Å². The van der Waals surface area contributed by atoms with E-state index in [4.69, 9.17) is 33.5 Å². The molecule has 12 heteroatoms. The molecule has 0 radical (unpaired) electrons. The Hall–Kier alpha value is -2.95. The van der Waals surface area contributed by atoms with Crippen LogP contribution >= 0.6 is 23.2 Å². The van der Waals surface area contributed by atoms with Gasteiger partial charge in [-0.15, -0.1) is 0 Å². The molecule has 146 valence electrons. The number of nitrogens with zero attached hydrogens (tertiary/aromatic N) is 3. The van der Waals surface area contributed by atoms with Crippen molar-refractivity contribution < 1.29 is 14.4 Å². The fourth-order valence-corrected chi connectivity index (χ4v) is 2.78. The number of primary amides is 1. The van der Waals surface area contributed by atoms with Crippen LogP contribution in [0.2, 0.25) is 10.0 Å². The Morgan fingerprint density at radius 1 is 1.29 bits per heavy atom. The lowest BCUT2D eigenvalue weighted by Gasteiger charge is -2.08. The Bertz CT molecular complexity index is 1140. The molecule has 0 unspecified atom stereocenters. The third kappa shape index (κ3) is 4.14. The highest BCUT2D eigenvalue weighted by Crippen LogP contribution is 2.19. The number of rotatable bonds is 6. The van der Waals surface area contributed by atoms with E-state index in [0.717, 1.165) is 0 Å².